The SMILES string of the molecule is Cc1cccc(-c2cc(F)c(N(c3ccccc3C#N)c3ccc4ccc5c(N(c6ccccc6C#N)c6c(F)cc(-c7cccc(C)c7)cc6-c6cccc(C)c6)ccc6ccc3c4c65)c(-c3cccc(C)c3)c2)c1. The van der Waals surface area contributed by atoms with Gasteiger partial charge in [0, 0.05) is 21.9 Å². The smallest absolute Gasteiger partial charge is 0.148 e. The Hall–Kier alpha value is -9.88. The number of halogens is 2. The highest BCUT2D eigenvalue weighted by Gasteiger charge is 2.30. The van der Waals surface area contributed by atoms with E-state index in [0.717, 1.165) is 88.0 Å². The first-order chi connectivity index (χ1) is 37.1. The lowest BCUT2D eigenvalue weighted by Crippen LogP contribution is -2.16. The van der Waals surface area contributed by atoms with E-state index in [9.17, 15) is 10.5 Å². The maximum atomic E-state index is 18.0. The lowest BCUT2D eigenvalue weighted by Gasteiger charge is -2.32. The molecular weight excluding hydrogens is 935 g/mol. The number of hydrogen-bond donors (Lipinski definition) is 0. The van der Waals surface area contributed by atoms with Crippen molar-refractivity contribution in [3.63, 3.8) is 0 Å². The first-order valence-electron chi connectivity index (χ1n) is 25.3. The molecule has 0 heterocycles. The highest BCUT2D eigenvalue weighted by atomic mass is 19.1. The van der Waals surface area contributed by atoms with E-state index < -0.39 is 11.6 Å². The third-order valence-electron chi connectivity index (χ3n) is 14.6. The van der Waals surface area contributed by atoms with Crippen LogP contribution in [0.25, 0.3) is 76.8 Å². The summed E-state index contributed by atoms with van der Waals surface area (Å²) >= 11 is 0. The van der Waals surface area contributed by atoms with Gasteiger partial charge in [-0.15, -0.1) is 0 Å². The molecule has 0 fully saturated rings. The zero-order valence-corrected chi connectivity index (χ0v) is 42.3. The van der Waals surface area contributed by atoms with E-state index >= 15 is 8.78 Å². The molecule has 0 N–H and O–H groups in total. The molecule has 12 aromatic rings. The van der Waals surface area contributed by atoms with Gasteiger partial charge in [-0.1, -0.05) is 180 Å². The minimum Gasteiger partial charge on any atom is -0.305 e. The van der Waals surface area contributed by atoms with E-state index in [4.69, 9.17) is 0 Å². The molecule has 4 nitrogen and oxygen atoms in total. The zero-order valence-electron chi connectivity index (χ0n) is 42.3. The second-order valence-electron chi connectivity index (χ2n) is 19.7. The number of hydrogen-bond acceptors (Lipinski definition) is 4. The van der Waals surface area contributed by atoms with Crippen LogP contribution in [-0.4, -0.2) is 0 Å². The fraction of sp³-hybridized carbons (Fsp3) is 0.0571. The van der Waals surface area contributed by atoms with Gasteiger partial charge in [0.15, 0.2) is 0 Å². The van der Waals surface area contributed by atoms with E-state index in [1.165, 1.54) is 0 Å². The Balaban J connectivity index is 1.15. The predicted octanol–water partition coefficient (Wildman–Crippen LogP) is 19.4. The van der Waals surface area contributed by atoms with Crippen molar-refractivity contribution in [2.24, 2.45) is 0 Å². The largest absolute Gasteiger partial charge is 0.305 e. The van der Waals surface area contributed by atoms with Crippen molar-refractivity contribution in [1.29, 1.82) is 10.5 Å². The van der Waals surface area contributed by atoms with Gasteiger partial charge in [0.05, 0.1) is 45.3 Å². The first kappa shape index (κ1) is 47.1. The van der Waals surface area contributed by atoms with Crippen LogP contribution in [0.4, 0.5) is 42.9 Å². The fourth-order valence-electron chi connectivity index (χ4n) is 11.1. The Kier molecular flexibility index (Phi) is 11.9. The molecule has 0 aliphatic heterocycles. The molecule has 0 aliphatic carbocycles. The maximum absolute atomic E-state index is 18.0. The highest BCUT2D eigenvalue weighted by molar-refractivity contribution is 6.28. The van der Waals surface area contributed by atoms with Crippen LogP contribution in [-0.2, 0) is 0 Å². The quantitative estimate of drug-likeness (QED) is 0.128. The standard InChI is InChI=1S/C70H48F2N4/c1-43-13-9-19-49(33-43)55-37-59(51-21-11-15-45(3)35-51)69(61(71)39-55)75(63-23-7-5-17-53(63)41-73)65-31-27-47-26-30-58-66(32-28-48-25-29-57(65)67(47)68(48)58)76(64-24-8-6-18-54(64)42-74)70-60(52-22-12-16-46(4)36-52)38-56(40-62(70)72)50-20-10-14-44(2)34-50/h5-40H,1-4H3. The maximum Gasteiger partial charge on any atom is 0.148 e. The van der Waals surface area contributed by atoms with Crippen LogP contribution in [0, 0.1) is 62.0 Å². The van der Waals surface area contributed by atoms with E-state index in [1.807, 2.05) is 159 Å². The summed E-state index contributed by atoms with van der Waals surface area (Å²) in [5.74, 6) is -0.911. The summed E-state index contributed by atoms with van der Waals surface area (Å²) in [6.07, 6.45) is 0. The third kappa shape index (κ3) is 8.24. The predicted molar refractivity (Wildman–Crippen MR) is 310 cm³/mol. The number of anilines is 6. The van der Waals surface area contributed by atoms with Crippen molar-refractivity contribution in [3.8, 4) is 56.6 Å². The lowest BCUT2D eigenvalue weighted by molar-refractivity contribution is 0.629. The van der Waals surface area contributed by atoms with Crippen LogP contribution in [0.1, 0.15) is 33.4 Å². The van der Waals surface area contributed by atoms with Gasteiger partial charge < -0.3 is 9.80 Å². The topological polar surface area (TPSA) is 54.1 Å². The summed E-state index contributed by atoms with van der Waals surface area (Å²) in [4.78, 5) is 3.82. The normalized spacial score (nSPS) is 11.3. The fourth-order valence-corrected chi connectivity index (χ4v) is 11.1. The van der Waals surface area contributed by atoms with Crippen molar-refractivity contribution >= 4 is 66.4 Å². The molecule has 362 valence electrons. The Morgan fingerprint density at radius 1 is 0.329 bits per heavy atom. The molecule has 12 rings (SSSR count). The summed E-state index contributed by atoms with van der Waals surface area (Å²) < 4.78 is 36.1. The summed E-state index contributed by atoms with van der Waals surface area (Å²) in [6, 6.07) is 75.6. The van der Waals surface area contributed by atoms with Crippen LogP contribution in [0.5, 0.6) is 0 Å². The summed E-state index contributed by atoms with van der Waals surface area (Å²) in [5.41, 5.74) is 14.1. The Bertz CT molecular complexity index is 4090. The average molecular weight is 983 g/mol. The van der Waals surface area contributed by atoms with E-state index in [2.05, 4.69) is 84.9 Å². The molecule has 6 heteroatoms. The van der Waals surface area contributed by atoms with Crippen LogP contribution in [0.3, 0.4) is 0 Å². The minimum absolute atomic E-state index is 0.299. The number of para-hydroxylation sites is 2. The molecule has 12 aromatic carbocycles. The minimum atomic E-state index is -0.456. The molecule has 0 bridgehead atoms. The lowest BCUT2D eigenvalue weighted by atomic mass is 9.90. The van der Waals surface area contributed by atoms with Crippen molar-refractivity contribution < 1.29 is 8.78 Å². The molecule has 76 heavy (non-hydrogen) atoms. The van der Waals surface area contributed by atoms with Gasteiger partial charge in [-0.25, -0.2) is 8.78 Å². The van der Waals surface area contributed by atoms with Crippen molar-refractivity contribution in [2.75, 3.05) is 9.80 Å². The summed E-state index contributed by atoms with van der Waals surface area (Å²) in [5, 5.41) is 26.9. The molecule has 0 amide bonds. The van der Waals surface area contributed by atoms with E-state index in [1.54, 1.807) is 24.3 Å². The van der Waals surface area contributed by atoms with Gasteiger partial charge in [0.2, 0.25) is 0 Å². The van der Waals surface area contributed by atoms with E-state index in [0.29, 0.717) is 56.4 Å². The van der Waals surface area contributed by atoms with Crippen LogP contribution in [0.2, 0.25) is 0 Å². The van der Waals surface area contributed by atoms with E-state index in [-0.39, 0.29) is 0 Å². The number of nitriles is 2. The molecule has 0 radical (unpaired) electrons. The molecule has 0 unspecified atom stereocenters. The van der Waals surface area contributed by atoms with Gasteiger partial charge in [-0.2, -0.15) is 10.5 Å². The zero-order chi connectivity index (χ0) is 52.2. The van der Waals surface area contributed by atoms with Crippen LogP contribution >= 0.6 is 0 Å². The molecule has 0 spiro atoms. The number of aryl methyl sites for hydroxylation is 4. The monoisotopic (exact) mass is 982 g/mol. The molecule has 0 atom stereocenters. The van der Waals surface area contributed by atoms with Crippen molar-refractivity contribution in [2.45, 2.75) is 27.7 Å². The average Bonchev–Trinajstić information content (AvgIpc) is 3.48. The van der Waals surface area contributed by atoms with Gasteiger partial charge >= 0.3 is 0 Å². The van der Waals surface area contributed by atoms with Gasteiger partial charge in [0.1, 0.15) is 23.8 Å². The van der Waals surface area contributed by atoms with Gasteiger partial charge in [-0.3, -0.25) is 0 Å². The molecule has 0 aliphatic rings. The third-order valence-corrected chi connectivity index (χ3v) is 14.6. The number of benzene rings is 12. The molecular formula is C70H48F2N4. The first-order valence-corrected chi connectivity index (χ1v) is 25.3. The molecule has 0 saturated carbocycles. The van der Waals surface area contributed by atoms with Gasteiger partial charge in [-0.05, 0) is 143 Å². The highest BCUT2D eigenvalue weighted by Crippen LogP contribution is 2.52. The Morgan fingerprint density at radius 2 is 0.684 bits per heavy atom. The molecule has 0 aromatic heterocycles. The van der Waals surface area contributed by atoms with Crippen molar-refractivity contribution in [3.05, 3.63) is 263 Å². The van der Waals surface area contributed by atoms with Gasteiger partial charge in [0.25, 0.3) is 0 Å². The Labute approximate surface area is 441 Å². The van der Waals surface area contributed by atoms with Crippen LogP contribution in [0.15, 0.2) is 218 Å². The summed E-state index contributed by atoms with van der Waals surface area (Å²) in [7, 11) is 0. The van der Waals surface area contributed by atoms with Crippen LogP contribution < -0.4 is 9.80 Å². The molecule has 0 saturated heterocycles. The Morgan fingerprint density at radius 3 is 1.07 bits per heavy atom. The van der Waals surface area contributed by atoms with Crippen molar-refractivity contribution in [1.82, 2.24) is 0 Å². The number of nitrogens with zero attached hydrogens (tertiary/aromatic N) is 4. The number of rotatable bonds is 10. The second kappa shape index (κ2) is 19.2. The second-order valence-corrected chi connectivity index (χ2v) is 19.7. The summed E-state index contributed by atoms with van der Waals surface area (Å²) in [6.45, 7) is 8.11.